The minimum absolute atomic E-state index is 0.489. The lowest BCUT2D eigenvalue weighted by Crippen LogP contribution is -2.34. The largest absolute Gasteiger partial charge is 0.327 e. The van der Waals surface area contributed by atoms with Crippen LogP contribution in [0, 0.1) is 0 Å². The summed E-state index contributed by atoms with van der Waals surface area (Å²) in [7, 11) is 1.58. The lowest BCUT2D eigenvalue weighted by atomic mass is 10.2. The predicted octanol–water partition coefficient (Wildman–Crippen LogP) is 2.05. The van der Waals surface area contributed by atoms with Crippen LogP contribution in [0.1, 0.15) is 5.56 Å². The third-order valence-corrected chi connectivity index (χ3v) is 2.30. The molecule has 0 amide bonds. The fourth-order valence-electron chi connectivity index (χ4n) is 1.54. The summed E-state index contributed by atoms with van der Waals surface area (Å²) in [5.74, 6) is -1.06. The van der Waals surface area contributed by atoms with E-state index >= 15 is 0 Å². The van der Waals surface area contributed by atoms with Gasteiger partial charge in [-0.15, -0.1) is 0 Å². The molecule has 0 aliphatic carbocycles. The molecular formula is C12H14O3. The second kappa shape index (κ2) is 4.57. The smallest absolute Gasteiger partial charge is 0.312 e. The molecule has 0 radical (unpaired) electrons. The van der Waals surface area contributed by atoms with Crippen molar-refractivity contribution in [2.24, 2.45) is 0 Å². The summed E-state index contributed by atoms with van der Waals surface area (Å²) < 4.78 is 16.5. The van der Waals surface area contributed by atoms with Gasteiger partial charge >= 0.3 is 5.97 Å². The maximum absolute atomic E-state index is 5.59. The minimum Gasteiger partial charge on any atom is -0.327 e. The molecule has 0 saturated heterocycles. The maximum atomic E-state index is 5.59. The molecule has 0 saturated carbocycles. The molecule has 2 rings (SSSR count). The molecule has 1 aliphatic rings. The van der Waals surface area contributed by atoms with Crippen LogP contribution >= 0.6 is 0 Å². The van der Waals surface area contributed by atoms with Gasteiger partial charge in [-0.1, -0.05) is 42.5 Å². The highest BCUT2D eigenvalue weighted by Gasteiger charge is 2.35. The Bertz CT molecular complexity index is 322. The van der Waals surface area contributed by atoms with Crippen LogP contribution in [-0.2, 0) is 20.2 Å². The van der Waals surface area contributed by atoms with Crippen molar-refractivity contribution < 1.29 is 14.2 Å². The Kier molecular flexibility index (Phi) is 3.16. The molecule has 15 heavy (non-hydrogen) atoms. The topological polar surface area (TPSA) is 27.7 Å². The lowest BCUT2D eigenvalue weighted by Gasteiger charge is -2.30. The summed E-state index contributed by atoms with van der Waals surface area (Å²) in [4.78, 5) is 0. The van der Waals surface area contributed by atoms with E-state index in [1.807, 2.05) is 42.5 Å². The molecule has 0 aromatic heterocycles. The van der Waals surface area contributed by atoms with Crippen molar-refractivity contribution in [1.29, 1.82) is 0 Å². The van der Waals surface area contributed by atoms with Crippen LogP contribution in [0.25, 0.3) is 0 Å². The van der Waals surface area contributed by atoms with Crippen molar-refractivity contribution >= 4 is 0 Å². The van der Waals surface area contributed by atoms with E-state index in [4.69, 9.17) is 14.2 Å². The average molecular weight is 206 g/mol. The SMILES string of the molecule is COC1(c2ccccc2)OCC=CCO1. The Morgan fingerprint density at radius 2 is 1.67 bits per heavy atom. The van der Waals surface area contributed by atoms with Crippen molar-refractivity contribution in [3.8, 4) is 0 Å². The first-order valence-electron chi connectivity index (χ1n) is 4.91. The molecule has 3 heteroatoms. The molecule has 0 fully saturated rings. The third-order valence-electron chi connectivity index (χ3n) is 2.30. The highest BCUT2D eigenvalue weighted by Crippen LogP contribution is 2.29. The van der Waals surface area contributed by atoms with Crippen LogP contribution in [0.3, 0.4) is 0 Å². The zero-order chi connectivity index (χ0) is 10.6. The van der Waals surface area contributed by atoms with Crippen molar-refractivity contribution in [2.75, 3.05) is 20.3 Å². The summed E-state index contributed by atoms with van der Waals surface area (Å²) in [6, 6.07) is 9.66. The highest BCUT2D eigenvalue weighted by molar-refractivity contribution is 5.18. The van der Waals surface area contributed by atoms with E-state index in [0.29, 0.717) is 13.2 Å². The minimum atomic E-state index is -1.06. The predicted molar refractivity (Wildman–Crippen MR) is 56.2 cm³/mol. The Morgan fingerprint density at radius 1 is 1.07 bits per heavy atom. The summed E-state index contributed by atoms with van der Waals surface area (Å²) in [6.07, 6.45) is 3.84. The molecule has 1 aromatic rings. The van der Waals surface area contributed by atoms with Gasteiger partial charge in [-0.25, -0.2) is 0 Å². The first-order chi connectivity index (χ1) is 7.37. The van der Waals surface area contributed by atoms with E-state index in [2.05, 4.69) is 0 Å². The van der Waals surface area contributed by atoms with E-state index in [0.717, 1.165) is 5.56 Å². The fraction of sp³-hybridized carbons (Fsp3) is 0.333. The number of rotatable bonds is 2. The number of benzene rings is 1. The van der Waals surface area contributed by atoms with Crippen molar-refractivity contribution in [3.63, 3.8) is 0 Å². The van der Waals surface area contributed by atoms with E-state index in [-0.39, 0.29) is 0 Å². The van der Waals surface area contributed by atoms with Crippen LogP contribution in [0.2, 0.25) is 0 Å². The number of ether oxygens (including phenoxy) is 3. The van der Waals surface area contributed by atoms with Gasteiger partial charge in [0, 0.05) is 12.7 Å². The molecule has 0 N–H and O–H groups in total. The van der Waals surface area contributed by atoms with Gasteiger partial charge in [-0.05, 0) is 0 Å². The summed E-state index contributed by atoms with van der Waals surface area (Å²) in [5.41, 5.74) is 0.871. The fourth-order valence-corrected chi connectivity index (χ4v) is 1.54. The van der Waals surface area contributed by atoms with Crippen molar-refractivity contribution in [2.45, 2.75) is 5.97 Å². The van der Waals surface area contributed by atoms with Gasteiger partial charge < -0.3 is 14.2 Å². The van der Waals surface area contributed by atoms with Gasteiger partial charge in [0.2, 0.25) is 0 Å². The molecule has 0 unspecified atom stereocenters. The van der Waals surface area contributed by atoms with Gasteiger partial charge in [0.05, 0.1) is 13.2 Å². The first kappa shape index (κ1) is 10.4. The quantitative estimate of drug-likeness (QED) is 0.693. The second-order valence-electron chi connectivity index (χ2n) is 3.22. The number of methoxy groups -OCH3 is 1. The summed E-state index contributed by atoms with van der Waals surface area (Å²) >= 11 is 0. The van der Waals surface area contributed by atoms with Gasteiger partial charge in [-0.2, -0.15) is 0 Å². The van der Waals surface area contributed by atoms with E-state index in [1.54, 1.807) is 7.11 Å². The Hall–Kier alpha value is -1.16. The van der Waals surface area contributed by atoms with Gasteiger partial charge in [-0.3, -0.25) is 0 Å². The number of hydrogen-bond acceptors (Lipinski definition) is 3. The zero-order valence-corrected chi connectivity index (χ0v) is 8.68. The van der Waals surface area contributed by atoms with E-state index < -0.39 is 5.97 Å². The van der Waals surface area contributed by atoms with E-state index in [9.17, 15) is 0 Å². The summed E-state index contributed by atoms with van der Waals surface area (Å²) in [6.45, 7) is 0.978. The van der Waals surface area contributed by atoms with Gasteiger partial charge in [0.25, 0.3) is 0 Å². The average Bonchev–Trinajstić information content (AvgIpc) is 2.56. The number of hydrogen-bond donors (Lipinski definition) is 0. The maximum Gasteiger partial charge on any atom is 0.312 e. The van der Waals surface area contributed by atoms with Crippen LogP contribution in [0.5, 0.6) is 0 Å². The molecule has 1 aliphatic heterocycles. The monoisotopic (exact) mass is 206 g/mol. The molecular weight excluding hydrogens is 192 g/mol. The molecule has 3 nitrogen and oxygen atoms in total. The standard InChI is InChI=1S/C12H14O3/c1-13-12(11-7-3-2-4-8-11)14-9-5-6-10-15-12/h2-8H,9-10H2,1H3. The van der Waals surface area contributed by atoms with Crippen LogP contribution < -0.4 is 0 Å². The zero-order valence-electron chi connectivity index (χ0n) is 8.68. The lowest BCUT2D eigenvalue weighted by molar-refractivity contribution is -0.374. The Balaban J connectivity index is 2.28. The first-order valence-corrected chi connectivity index (χ1v) is 4.91. The summed E-state index contributed by atoms with van der Waals surface area (Å²) in [5, 5.41) is 0. The van der Waals surface area contributed by atoms with Gasteiger partial charge in [0.1, 0.15) is 0 Å². The van der Waals surface area contributed by atoms with Crippen LogP contribution in [0.4, 0.5) is 0 Å². The molecule has 0 atom stereocenters. The molecule has 1 heterocycles. The van der Waals surface area contributed by atoms with E-state index in [1.165, 1.54) is 0 Å². The second-order valence-corrected chi connectivity index (χ2v) is 3.22. The highest BCUT2D eigenvalue weighted by atomic mass is 16.9. The van der Waals surface area contributed by atoms with Crippen LogP contribution in [0.15, 0.2) is 42.5 Å². The molecule has 0 spiro atoms. The Labute approximate surface area is 89.3 Å². The molecule has 80 valence electrons. The third kappa shape index (κ3) is 2.09. The molecule has 0 bridgehead atoms. The van der Waals surface area contributed by atoms with Crippen LogP contribution in [-0.4, -0.2) is 20.3 Å². The van der Waals surface area contributed by atoms with Crippen molar-refractivity contribution in [1.82, 2.24) is 0 Å². The normalized spacial score (nSPS) is 19.8. The van der Waals surface area contributed by atoms with Crippen molar-refractivity contribution in [3.05, 3.63) is 48.0 Å². The molecule has 1 aromatic carbocycles. The van der Waals surface area contributed by atoms with Gasteiger partial charge in [0.15, 0.2) is 0 Å². The Morgan fingerprint density at radius 3 is 2.20 bits per heavy atom.